The third kappa shape index (κ3) is 3.68. The molecule has 0 aliphatic carbocycles. The number of aromatic nitrogens is 2. The van der Waals surface area contributed by atoms with Crippen LogP contribution in [0.1, 0.15) is 25.1 Å². The molecule has 1 amide bonds. The number of amides is 1. The van der Waals surface area contributed by atoms with E-state index in [1.807, 2.05) is 30.6 Å². The van der Waals surface area contributed by atoms with Crippen LogP contribution in [0.15, 0.2) is 30.6 Å². The summed E-state index contributed by atoms with van der Waals surface area (Å²) in [5.74, 6) is 0. The Bertz CT molecular complexity index is 819. The first-order valence-corrected chi connectivity index (χ1v) is 8.84. The smallest absolute Gasteiger partial charge is 0.411 e. The van der Waals surface area contributed by atoms with Gasteiger partial charge >= 0.3 is 6.09 Å². The Morgan fingerprint density at radius 1 is 1.27 bits per heavy atom. The zero-order valence-electron chi connectivity index (χ0n) is 15.1. The molecule has 2 N–H and O–H groups in total. The summed E-state index contributed by atoms with van der Waals surface area (Å²) in [4.78, 5) is 22.8. The van der Waals surface area contributed by atoms with Crippen LogP contribution < -0.4 is 10.6 Å². The van der Waals surface area contributed by atoms with Crippen LogP contribution in [0, 0.1) is 0 Å². The van der Waals surface area contributed by atoms with Gasteiger partial charge in [-0.25, -0.2) is 4.79 Å². The van der Waals surface area contributed by atoms with Crippen molar-refractivity contribution in [3.8, 4) is 11.3 Å². The van der Waals surface area contributed by atoms with Crippen LogP contribution in [-0.2, 0) is 17.9 Å². The molecule has 0 atom stereocenters. The van der Waals surface area contributed by atoms with Crippen molar-refractivity contribution < 1.29 is 9.53 Å². The maximum absolute atomic E-state index is 11.3. The summed E-state index contributed by atoms with van der Waals surface area (Å²) in [7, 11) is 0. The Kier molecular flexibility index (Phi) is 4.34. The molecule has 0 bridgehead atoms. The molecule has 1 aromatic carbocycles. The van der Waals surface area contributed by atoms with Crippen molar-refractivity contribution >= 4 is 11.8 Å². The third-order valence-electron chi connectivity index (χ3n) is 4.74. The quantitative estimate of drug-likeness (QED) is 0.882. The van der Waals surface area contributed by atoms with E-state index in [-0.39, 0.29) is 12.1 Å². The molecule has 0 saturated carbocycles. The zero-order chi connectivity index (χ0) is 18.1. The van der Waals surface area contributed by atoms with Crippen LogP contribution >= 0.6 is 0 Å². The highest BCUT2D eigenvalue weighted by Crippen LogP contribution is 2.27. The molecular formula is C19H23N5O2. The predicted molar refractivity (Wildman–Crippen MR) is 98.6 cm³/mol. The fourth-order valence-corrected chi connectivity index (χ4v) is 3.48. The van der Waals surface area contributed by atoms with Gasteiger partial charge in [0, 0.05) is 42.8 Å². The van der Waals surface area contributed by atoms with Crippen LogP contribution in [0.2, 0.25) is 0 Å². The molecule has 0 unspecified atom stereocenters. The van der Waals surface area contributed by atoms with E-state index >= 15 is 0 Å². The van der Waals surface area contributed by atoms with Gasteiger partial charge in [0.1, 0.15) is 6.61 Å². The molecule has 1 saturated heterocycles. The second-order valence-corrected chi connectivity index (χ2v) is 7.49. The van der Waals surface area contributed by atoms with Crippen LogP contribution in [0.4, 0.5) is 10.5 Å². The van der Waals surface area contributed by atoms with Crippen molar-refractivity contribution in [1.29, 1.82) is 0 Å². The van der Waals surface area contributed by atoms with Crippen molar-refractivity contribution in [3.63, 3.8) is 0 Å². The van der Waals surface area contributed by atoms with Gasteiger partial charge in [-0.1, -0.05) is 6.07 Å². The van der Waals surface area contributed by atoms with Crippen molar-refractivity contribution in [3.05, 3.63) is 41.9 Å². The minimum Gasteiger partial charge on any atom is -0.444 e. The van der Waals surface area contributed by atoms with Gasteiger partial charge < -0.3 is 10.1 Å². The van der Waals surface area contributed by atoms with Crippen molar-refractivity contribution in [2.24, 2.45) is 0 Å². The van der Waals surface area contributed by atoms with Crippen LogP contribution in [-0.4, -0.2) is 46.1 Å². The molecule has 26 heavy (non-hydrogen) atoms. The average molecular weight is 353 g/mol. The van der Waals surface area contributed by atoms with Crippen LogP contribution in [0.5, 0.6) is 0 Å². The number of hydrogen-bond acceptors (Lipinski definition) is 6. The van der Waals surface area contributed by atoms with Gasteiger partial charge in [-0.3, -0.25) is 20.2 Å². The highest BCUT2D eigenvalue weighted by molar-refractivity contribution is 5.88. The number of ether oxygens (including phenoxy) is 1. The Hall–Kier alpha value is -2.51. The molecule has 0 radical (unpaired) electrons. The Morgan fingerprint density at radius 2 is 2.15 bits per heavy atom. The fourth-order valence-electron chi connectivity index (χ4n) is 3.48. The SMILES string of the molecule is CC1(C)CN(Cc2cnc(-c3ccc4c(c3)COC(=O)N4)cn2)CCN1. The summed E-state index contributed by atoms with van der Waals surface area (Å²) >= 11 is 0. The maximum Gasteiger partial charge on any atom is 0.411 e. The first-order chi connectivity index (χ1) is 12.5. The minimum absolute atomic E-state index is 0.131. The first-order valence-electron chi connectivity index (χ1n) is 8.84. The van der Waals surface area contributed by atoms with E-state index in [1.165, 1.54) is 0 Å². The molecule has 4 rings (SSSR count). The summed E-state index contributed by atoms with van der Waals surface area (Å²) in [6.07, 6.45) is 3.25. The molecule has 1 fully saturated rings. The third-order valence-corrected chi connectivity index (χ3v) is 4.74. The molecule has 2 aliphatic heterocycles. The van der Waals surface area contributed by atoms with E-state index in [1.54, 1.807) is 0 Å². The molecule has 2 aliphatic rings. The number of hydrogen-bond donors (Lipinski definition) is 2. The molecule has 2 aromatic rings. The lowest BCUT2D eigenvalue weighted by atomic mass is 10.0. The second-order valence-electron chi connectivity index (χ2n) is 7.49. The number of nitrogens with one attached hydrogen (secondary N) is 2. The first kappa shape index (κ1) is 16.9. The lowest BCUT2D eigenvalue weighted by molar-refractivity contribution is 0.147. The van der Waals surface area contributed by atoms with Gasteiger partial charge in [0.25, 0.3) is 0 Å². The van der Waals surface area contributed by atoms with Gasteiger partial charge in [-0.2, -0.15) is 0 Å². The van der Waals surface area contributed by atoms with Crippen LogP contribution in [0.3, 0.4) is 0 Å². The molecule has 0 spiro atoms. The van der Waals surface area contributed by atoms with Crippen molar-refractivity contribution in [2.75, 3.05) is 25.0 Å². The largest absolute Gasteiger partial charge is 0.444 e. The van der Waals surface area contributed by atoms with E-state index < -0.39 is 6.09 Å². The van der Waals surface area contributed by atoms with Crippen molar-refractivity contribution in [1.82, 2.24) is 20.2 Å². The van der Waals surface area contributed by atoms with E-state index in [2.05, 4.69) is 39.3 Å². The van der Waals surface area contributed by atoms with Crippen LogP contribution in [0.25, 0.3) is 11.3 Å². The zero-order valence-corrected chi connectivity index (χ0v) is 15.1. The number of rotatable bonds is 3. The minimum atomic E-state index is -0.412. The molecule has 136 valence electrons. The number of benzene rings is 1. The van der Waals surface area contributed by atoms with E-state index in [0.29, 0.717) is 0 Å². The van der Waals surface area contributed by atoms with Gasteiger partial charge in [0.2, 0.25) is 0 Å². The van der Waals surface area contributed by atoms with E-state index in [0.717, 1.165) is 54.4 Å². The maximum atomic E-state index is 11.3. The Balaban J connectivity index is 1.47. The van der Waals surface area contributed by atoms with Gasteiger partial charge in [-0.15, -0.1) is 0 Å². The number of anilines is 1. The summed E-state index contributed by atoms with van der Waals surface area (Å²) in [5, 5.41) is 6.21. The standard InChI is InChI=1S/C19H23N5O2/c1-19(2)12-24(6-5-22-19)10-15-8-21-17(9-20-15)13-3-4-16-14(7-13)11-26-18(25)23-16/h3-4,7-9,22H,5-6,10-12H2,1-2H3,(H,23,25). The Labute approximate surface area is 152 Å². The highest BCUT2D eigenvalue weighted by Gasteiger charge is 2.25. The molecule has 3 heterocycles. The number of carbonyl (C=O) groups excluding carboxylic acids is 1. The summed E-state index contributed by atoms with van der Waals surface area (Å²) in [6, 6.07) is 5.80. The number of fused-ring (bicyclic) bond motifs is 1. The summed E-state index contributed by atoms with van der Waals surface area (Å²) in [5.41, 5.74) is 4.61. The normalized spacial score (nSPS) is 19.4. The summed E-state index contributed by atoms with van der Waals surface area (Å²) in [6.45, 7) is 8.52. The monoisotopic (exact) mass is 353 g/mol. The number of piperazine rings is 1. The van der Waals surface area contributed by atoms with E-state index in [4.69, 9.17) is 4.74 Å². The van der Waals surface area contributed by atoms with Crippen molar-refractivity contribution in [2.45, 2.75) is 32.5 Å². The molecular weight excluding hydrogens is 330 g/mol. The summed E-state index contributed by atoms with van der Waals surface area (Å²) < 4.78 is 5.02. The van der Waals surface area contributed by atoms with Gasteiger partial charge in [0.15, 0.2) is 0 Å². The number of cyclic esters (lactones) is 1. The molecule has 7 nitrogen and oxygen atoms in total. The second kappa shape index (κ2) is 6.66. The topological polar surface area (TPSA) is 79.4 Å². The lowest BCUT2D eigenvalue weighted by Crippen LogP contribution is -2.56. The highest BCUT2D eigenvalue weighted by atomic mass is 16.5. The molecule has 1 aromatic heterocycles. The van der Waals surface area contributed by atoms with E-state index in [9.17, 15) is 4.79 Å². The predicted octanol–water partition coefficient (Wildman–Crippen LogP) is 2.39. The van der Waals surface area contributed by atoms with Gasteiger partial charge in [-0.05, 0) is 26.0 Å². The number of carbonyl (C=O) groups is 1. The fraction of sp³-hybridized carbons (Fsp3) is 0.421. The molecule has 7 heteroatoms. The Morgan fingerprint density at radius 3 is 2.92 bits per heavy atom. The number of nitrogens with zero attached hydrogens (tertiary/aromatic N) is 3. The lowest BCUT2D eigenvalue weighted by Gasteiger charge is -2.38. The average Bonchev–Trinajstić information content (AvgIpc) is 2.61. The van der Waals surface area contributed by atoms with Gasteiger partial charge in [0.05, 0.1) is 29.5 Å².